The van der Waals surface area contributed by atoms with Crippen LogP contribution in [0, 0.1) is 22.7 Å². The summed E-state index contributed by atoms with van der Waals surface area (Å²) in [4.78, 5) is 4.55. The van der Waals surface area contributed by atoms with Crippen LogP contribution in [0.5, 0.6) is 0 Å². The summed E-state index contributed by atoms with van der Waals surface area (Å²) in [5.74, 6) is 0.192. The fourth-order valence-electron chi connectivity index (χ4n) is 3.18. The van der Waals surface area contributed by atoms with E-state index in [4.69, 9.17) is 22.0 Å². The number of nitrogen functional groups attached to an aromatic ring is 1. The molecular formula is C19H12N6. The number of allylic oxidation sites excluding steroid dienone is 1. The summed E-state index contributed by atoms with van der Waals surface area (Å²) in [6.07, 6.45) is 0. The van der Waals surface area contributed by atoms with Crippen LogP contribution in [0.4, 0.5) is 17.2 Å². The van der Waals surface area contributed by atoms with Crippen molar-refractivity contribution in [2.75, 3.05) is 11.1 Å². The molecule has 0 spiro atoms. The number of hydrogen-bond acceptors (Lipinski definition) is 6. The van der Waals surface area contributed by atoms with Gasteiger partial charge >= 0.3 is 0 Å². The third-order valence-corrected chi connectivity index (χ3v) is 4.27. The van der Waals surface area contributed by atoms with Crippen LogP contribution in [0.2, 0.25) is 0 Å². The molecule has 6 heteroatoms. The summed E-state index contributed by atoms with van der Waals surface area (Å²) in [6.45, 7) is 0. The van der Waals surface area contributed by atoms with Gasteiger partial charge in [0.15, 0.2) is 5.57 Å². The van der Waals surface area contributed by atoms with Crippen LogP contribution >= 0.6 is 0 Å². The van der Waals surface area contributed by atoms with Crippen LogP contribution in [0.1, 0.15) is 5.56 Å². The first kappa shape index (κ1) is 14.6. The van der Waals surface area contributed by atoms with E-state index >= 15 is 0 Å². The molecule has 0 fully saturated rings. The number of hydrogen-bond donors (Lipinski definition) is 3. The van der Waals surface area contributed by atoms with E-state index in [1.165, 1.54) is 0 Å². The molecular weight excluding hydrogens is 312 g/mol. The number of aromatic nitrogens is 1. The molecule has 0 radical (unpaired) electrons. The Morgan fingerprint density at radius 1 is 1.00 bits per heavy atom. The zero-order chi connectivity index (χ0) is 17.6. The molecule has 0 saturated carbocycles. The van der Waals surface area contributed by atoms with Crippen molar-refractivity contribution in [2.24, 2.45) is 5.73 Å². The number of nitrogens with one attached hydrogen (secondary N) is 1. The second kappa shape index (κ2) is 5.26. The monoisotopic (exact) mass is 324 g/mol. The minimum atomic E-state index is -0.182. The van der Waals surface area contributed by atoms with Crippen molar-refractivity contribution in [3.63, 3.8) is 0 Å². The molecule has 2 heterocycles. The van der Waals surface area contributed by atoms with Gasteiger partial charge in [-0.25, -0.2) is 4.98 Å². The number of rotatable bonds is 1. The van der Waals surface area contributed by atoms with Crippen LogP contribution in [0.25, 0.3) is 27.7 Å². The number of nitrogens with zero attached hydrogens (tertiary/aromatic N) is 3. The minimum Gasteiger partial charge on any atom is -0.396 e. The second-order valence-electron chi connectivity index (χ2n) is 5.63. The van der Waals surface area contributed by atoms with Gasteiger partial charge in [0.25, 0.3) is 0 Å². The van der Waals surface area contributed by atoms with Gasteiger partial charge in [-0.05, 0) is 17.5 Å². The highest BCUT2D eigenvalue weighted by Gasteiger charge is 2.23. The Labute approximate surface area is 143 Å². The quantitative estimate of drug-likeness (QED) is 0.461. The van der Waals surface area contributed by atoms with Crippen molar-refractivity contribution >= 4 is 33.7 Å². The van der Waals surface area contributed by atoms with E-state index in [0.717, 1.165) is 33.4 Å². The van der Waals surface area contributed by atoms with Crippen molar-refractivity contribution < 1.29 is 0 Å². The van der Waals surface area contributed by atoms with Gasteiger partial charge in [-0.1, -0.05) is 30.3 Å². The fourth-order valence-corrected chi connectivity index (χ4v) is 3.18. The largest absolute Gasteiger partial charge is 0.396 e. The Morgan fingerprint density at radius 2 is 1.72 bits per heavy atom. The molecule has 25 heavy (non-hydrogen) atoms. The van der Waals surface area contributed by atoms with Gasteiger partial charge in [0.1, 0.15) is 18.0 Å². The first-order valence-electron chi connectivity index (χ1n) is 7.54. The lowest BCUT2D eigenvalue weighted by Crippen LogP contribution is -2.10. The number of nitrogens with two attached hydrogens (primary N) is 2. The second-order valence-corrected chi connectivity index (χ2v) is 5.63. The normalized spacial score (nSPS) is 11.0. The number of fused-ring (bicyclic) bond motifs is 2. The smallest absolute Gasteiger partial charge is 0.153 e. The molecule has 6 nitrogen and oxygen atoms in total. The van der Waals surface area contributed by atoms with Gasteiger partial charge in [0, 0.05) is 27.9 Å². The van der Waals surface area contributed by atoms with E-state index in [0.29, 0.717) is 5.56 Å². The van der Waals surface area contributed by atoms with Crippen molar-refractivity contribution in [3.05, 3.63) is 53.6 Å². The first-order valence-corrected chi connectivity index (χ1v) is 7.54. The van der Waals surface area contributed by atoms with Crippen molar-refractivity contribution in [1.29, 1.82) is 10.5 Å². The number of nitriles is 2. The maximum absolute atomic E-state index is 9.13. The molecule has 4 rings (SSSR count). The molecule has 2 aromatic carbocycles. The molecule has 1 aliphatic rings. The molecule has 0 saturated heterocycles. The highest BCUT2D eigenvalue weighted by molar-refractivity contribution is 6.14. The summed E-state index contributed by atoms with van der Waals surface area (Å²) in [5, 5.41) is 23.3. The standard InChI is InChI=1S/C19H12N6/c20-8-10(9-21)17(22)16-12-5-3-7-14-15(12)18(25-19(16)23)11-4-1-2-6-13(11)24-14/h1-7,24H,22H2,(H2,23,25). The number of pyridine rings is 1. The average Bonchev–Trinajstić information content (AvgIpc) is 2.62. The maximum Gasteiger partial charge on any atom is 0.153 e. The van der Waals surface area contributed by atoms with E-state index in [2.05, 4.69) is 10.3 Å². The molecule has 0 atom stereocenters. The Bertz CT molecular complexity index is 1140. The molecule has 5 N–H and O–H groups in total. The zero-order valence-corrected chi connectivity index (χ0v) is 13.0. The molecule has 118 valence electrons. The fraction of sp³-hybridized carbons (Fsp3) is 0. The van der Waals surface area contributed by atoms with E-state index in [1.54, 1.807) is 0 Å². The van der Waals surface area contributed by atoms with Crippen LogP contribution in [0.15, 0.2) is 48.0 Å². The summed E-state index contributed by atoms with van der Waals surface area (Å²) >= 11 is 0. The van der Waals surface area contributed by atoms with Gasteiger partial charge < -0.3 is 16.8 Å². The lowest BCUT2D eigenvalue weighted by atomic mass is 9.93. The van der Waals surface area contributed by atoms with Crippen molar-refractivity contribution in [3.8, 4) is 23.4 Å². The Hall–Kier alpha value is -4.03. The topological polar surface area (TPSA) is 125 Å². The minimum absolute atomic E-state index is 0.0394. The summed E-state index contributed by atoms with van der Waals surface area (Å²) in [6, 6.07) is 17.1. The molecule has 0 bridgehead atoms. The number of anilines is 3. The van der Waals surface area contributed by atoms with E-state index in [9.17, 15) is 0 Å². The van der Waals surface area contributed by atoms with E-state index in [1.807, 2.05) is 54.6 Å². The lowest BCUT2D eigenvalue weighted by Gasteiger charge is -2.23. The van der Waals surface area contributed by atoms with Crippen molar-refractivity contribution in [1.82, 2.24) is 4.98 Å². The van der Waals surface area contributed by atoms with E-state index < -0.39 is 0 Å². The summed E-state index contributed by atoms with van der Waals surface area (Å²) in [5.41, 5.74) is 16.0. The third kappa shape index (κ3) is 1.99. The Balaban J connectivity index is 2.16. The summed E-state index contributed by atoms with van der Waals surface area (Å²) < 4.78 is 0. The number of para-hydroxylation sites is 1. The molecule has 0 unspecified atom stereocenters. The van der Waals surface area contributed by atoms with Crippen LogP contribution < -0.4 is 16.8 Å². The Kier molecular flexibility index (Phi) is 3.06. The molecule has 0 amide bonds. The van der Waals surface area contributed by atoms with Gasteiger partial charge in [0.05, 0.1) is 11.4 Å². The van der Waals surface area contributed by atoms with Gasteiger partial charge in [-0.2, -0.15) is 10.5 Å². The van der Waals surface area contributed by atoms with Crippen LogP contribution in [-0.2, 0) is 0 Å². The van der Waals surface area contributed by atoms with Gasteiger partial charge in [-0.15, -0.1) is 0 Å². The highest BCUT2D eigenvalue weighted by atomic mass is 14.9. The third-order valence-electron chi connectivity index (χ3n) is 4.27. The number of benzene rings is 2. The molecule has 3 aromatic rings. The Morgan fingerprint density at radius 3 is 2.48 bits per heavy atom. The zero-order valence-electron chi connectivity index (χ0n) is 13.0. The predicted octanol–water partition coefficient (Wildman–Crippen LogP) is 3.26. The highest BCUT2D eigenvalue weighted by Crippen LogP contribution is 2.45. The first-order chi connectivity index (χ1) is 12.2. The van der Waals surface area contributed by atoms with Crippen molar-refractivity contribution in [2.45, 2.75) is 0 Å². The van der Waals surface area contributed by atoms with Gasteiger partial charge in [-0.3, -0.25) is 0 Å². The molecule has 0 aliphatic carbocycles. The average molecular weight is 324 g/mol. The molecule has 1 aliphatic heterocycles. The van der Waals surface area contributed by atoms with Crippen LogP contribution in [0.3, 0.4) is 0 Å². The predicted molar refractivity (Wildman–Crippen MR) is 97.2 cm³/mol. The summed E-state index contributed by atoms with van der Waals surface area (Å²) in [7, 11) is 0. The van der Waals surface area contributed by atoms with E-state index in [-0.39, 0.29) is 17.1 Å². The lowest BCUT2D eigenvalue weighted by molar-refractivity contribution is 1.32. The SMILES string of the molecule is N#CC(C#N)=C(N)c1c(N)nc2c3c(cccc13)Nc1ccccc1-2. The maximum atomic E-state index is 9.13. The van der Waals surface area contributed by atoms with Crippen LogP contribution in [-0.4, -0.2) is 4.98 Å². The molecule has 1 aromatic heterocycles. The van der Waals surface area contributed by atoms with Gasteiger partial charge in [0.2, 0.25) is 0 Å².